The minimum Gasteiger partial charge on any atom is -0.465 e. The van der Waals surface area contributed by atoms with E-state index in [9.17, 15) is 19.6 Å². The zero-order valence-corrected chi connectivity index (χ0v) is 20.8. The molecule has 0 radical (unpaired) electrons. The summed E-state index contributed by atoms with van der Waals surface area (Å²) in [6.07, 6.45) is 1.31. The van der Waals surface area contributed by atoms with Crippen molar-refractivity contribution in [3.8, 4) is 17.2 Å². The van der Waals surface area contributed by atoms with Crippen molar-refractivity contribution >= 4 is 5.97 Å². The maximum Gasteiger partial charge on any atom is 0.338 e. The SMILES string of the molecule is CCCc1cc(=O)n(Cc2ccccc2C(=O)OC)c(=O)n1Cc1ccccc1-c1ccccc1C#N. The van der Waals surface area contributed by atoms with Gasteiger partial charge in [0.1, 0.15) is 0 Å². The third kappa shape index (κ3) is 5.29. The van der Waals surface area contributed by atoms with Crippen molar-refractivity contribution in [3.63, 3.8) is 0 Å². The van der Waals surface area contributed by atoms with Crippen molar-refractivity contribution < 1.29 is 9.53 Å². The Morgan fingerprint density at radius 1 is 0.865 bits per heavy atom. The highest BCUT2D eigenvalue weighted by Crippen LogP contribution is 2.27. The van der Waals surface area contributed by atoms with Crippen LogP contribution in [0.1, 0.15) is 46.1 Å². The first-order chi connectivity index (χ1) is 18.0. The lowest BCUT2D eigenvalue weighted by atomic mass is 9.95. The van der Waals surface area contributed by atoms with Gasteiger partial charge in [0.25, 0.3) is 5.56 Å². The number of nitriles is 1. The number of ether oxygens (including phenoxy) is 1. The summed E-state index contributed by atoms with van der Waals surface area (Å²) in [4.78, 5) is 39.1. The molecule has 0 amide bonds. The van der Waals surface area contributed by atoms with E-state index in [1.807, 2.05) is 49.4 Å². The summed E-state index contributed by atoms with van der Waals surface area (Å²) < 4.78 is 7.63. The largest absolute Gasteiger partial charge is 0.465 e. The van der Waals surface area contributed by atoms with E-state index in [1.165, 1.54) is 13.2 Å². The third-order valence-corrected chi connectivity index (χ3v) is 6.31. The highest BCUT2D eigenvalue weighted by atomic mass is 16.5. The zero-order chi connectivity index (χ0) is 26.4. The van der Waals surface area contributed by atoms with E-state index >= 15 is 0 Å². The number of carbonyl (C=O) groups is 1. The van der Waals surface area contributed by atoms with Crippen molar-refractivity contribution in [3.05, 3.63) is 128 Å². The van der Waals surface area contributed by atoms with E-state index in [1.54, 1.807) is 34.9 Å². The van der Waals surface area contributed by atoms with Gasteiger partial charge >= 0.3 is 11.7 Å². The molecule has 0 N–H and O–H groups in total. The van der Waals surface area contributed by atoms with Gasteiger partial charge in [0.2, 0.25) is 0 Å². The van der Waals surface area contributed by atoms with Crippen LogP contribution in [0, 0.1) is 11.3 Å². The van der Waals surface area contributed by atoms with Crippen LogP contribution in [0.2, 0.25) is 0 Å². The van der Waals surface area contributed by atoms with Gasteiger partial charge in [0, 0.05) is 11.8 Å². The van der Waals surface area contributed by atoms with Crippen LogP contribution in [0.3, 0.4) is 0 Å². The number of hydrogen-bond acceptors (Lipinski definition) is 5. The molecule has 186 valence electrons. The predicted molar refractivity (Wildman–Crippen MR) is 142 cm³/mol. The first-order valence-electron chi connectivity index (χ1n) is 12.1. The smallest absolute Gasteiger partial charge is 0.338 e. The molecule has 37 heavy (non-hydrogen) atoms. The molecule has 1 heterocycles. The summed E-state index contributed by atoms with van der Waals surface area (Å²) in [6, 6.07) is 25.5. The molecule has 4 rings (SSSR count). The quantitative estimate of drug-likeness (QED) is 0.340. The Labute approximate surface area is 214 Å². The van der Waals surface area contributed by atoms with E-state index in [2.05, 4.69) is 6.07 Å². The lowest BCUT2D eigenvalue weighted by molar-refractivity contribution is 0.0599. The Morgan fingerprint density at radius 2 is 1.49 bits per heavy atom. The van der Waals surface area contributed by atoms with Crippen LogP contribution in [-0.2, 0) is 24.2 Å². The fraction of sp³-hybridized carbons (Fsp3) is 0.200. The van der Waals surface area contributed by atoms with Crippen LogP contribution < -0.4 is 11.2 Å². The maximum absolute atomic E-state index is 13.8. The minimum absolute atomic E-state index is 0.0613. The molecule has 0 spiro atoms. The molecule has 0 atom stereocenters. The number of rotatable bonds is 8. The van der Waals surface area contributed by atoms with Crippen molar-refractivity contribution in [2.75, 3.05) is 7.11 Å². The van der Waals surface area contributed by atoms with E-state index < -0.39 is 17.2 Å². The van der Waals surface area contributed by atoms with Crippen LogP contribution >= 0.6 is 0 Å². The lowest BCUT2D eigenvalue weighted by Gasteiger charge is -2.18. The Morgan fingerprint density at radius 3 is 2.19 bits per heavy atom. The topological polar surface area (TPSA) is 94.1 Å². The summed E-state index contributed by atoms with van der Waals surface area (Å²) in [5.74, 6) is -0.531. The number of hydrogen-bond donors (Lipinski definition) is 0. The Kier molecular flexibility index (Phi) is 7.80. The molecule has 0 aliphatic heterocycles. The molecule has 0 aliphatic rings. The second-order valence-corrected chi connectivity index (χ2v) is 8.64. The van der Waals surface area contributed by atoms with E-state index in [0.717, 1.165) is 27.7 Å². The number of aromatic nitrogens is 2. The van der Waals surface area contributed by atoms with Crippen molar-refractivity contribution in [1.82, 2.24) is 9.13 Å². The standard InChI is InChI=1S/C30H27N3O4/c1-3-10-24-17-28(34)33(20-23-13-6-9-16-27(23)29(35)37-2)30(36)32(24)19-22-12-5-8-15-26(22)25-14-7-4-11-21(25)18-31/h4-9,11-17H,3,10,19-20H2,1-2H3. The van der Waals surface area contributed by atoms with Crippen LogP contribution in [-0.4, -0.2) is 22.2 Å². The van der Waals surface area contributed by atoms with Gasteiger partial charge in [0.15, 0.2) is 0 Å². The molecule has 0 fully saturated rings. The molecule has 4 aromatic rings. The molecule has 7 heteroatoms. The summed E-state index contributed by atoms with van der Waals surface area (Å²) in [6.45, 7) is 2.15. The molecule has 3 aromatic carbocycles. The molecule has 0 unspecified atom stereocenters. The first-order valence-corrected chi connectivity index (χ1v) is 12.1. The zero-order valence-electron chi connectivity index (χ0n) is 20.8. The van der Waals surface area contributed by atoms with Crippen molar-refractivity contribution in [2.24, 2.45) is 0 Å². The van der Waals surface area contributed by atoms with E-state index in [-0.39, 0.29) is 13.1 Å². The van der Waals surface area contributed by atoms with Gasteiger partial charge in [-0.25, -0.2) is 9.59 Å². The van der Waals surface area contributed by atoms with Gasteiger partial charge in [-0.15, -0.1) is 0 Å². The maximum atomic E-state index is 13.8. The Balaban J connectivity index is 1.84. The van der Waals surface area contributed by atoms with Crippen molar-refractivity contribution in [2.45, 2.75) is 32.9 Å². The summed E-state index contributed by atoms with van der Waals surface area (Å²) in [5.41, 5.74) is 3.61. The summed E-state index contributed by atoms with van der Waals surface area (Å²) in [5, 5.41) is 9.63. The van der Waals surface area contributed by atoms with Gasteiger partial charge in [0.05, 0.1) is 37.4 Å². The Bertz CT molecular complexity index is 1610. The monoisotopic (exact) mass is 493 g/mol. The third-order valence-electron chi connectivity index (χ3n) is 6.31. The minimum atomic E-state index is -0.531. The van der Waals surface area contributed by atoms with E-state index in [0.29, 0.717) is 28.8 Å². The van der Waals surface area contributed by atoms with Crippen LogP contribution in [0.5, 0.6) is 0 Å². The fourth-order valence-electron chi connectivity index (χ4n) is 4.48. The van der Waals surface area contributed by atoms with Crippen LogP contribution in [0.15, 0.2) is 88.5 Å². The van der Waals surface area contributed by atoms with Crippen molar-refractivity contribution in [1.29, 1.82) is 5.26 Å². The molecule has 0 saturated heterocycles. The molecule has 0 aliphatic carbocycles. The number of benzene rings is 3. The normalized spacial score (nSPS) is 10.6. The number of methoxy groups -OCH3 is 1. The lowest BCUT2D eigenvalue weighted by Crippen LogP contribution is -2.41. The average molecular weight is 494 g/mol. The number of esters is 1. The highest BCUT2D eigenvalue weighted by Gasteiger charge is 2.17. The van der Waals surface area contributed by atoms with Gasteiger partial charge in [-0.1, -0.05) is 74.0 Å². The molecule has 1 aromatic heterocycles. The van der Waals surface area contributed by atoms with Gasteiger partial charge in [-0.2, -0.15) is 5.26 Å². The first kappa shape index (κ1) is 25.4. The summed E-state index contributed by atoms with van der Waals surface area (Å²) >= 11 is 0. The summed E-state index contributed by atoms with van der Waals surface area (Å²) in [7, 11) is 1.29. The predicted octanol–water partition coefficient (Wildman–Crippen LogP) is 4.38. The van der Waals surface area contributed by atoms with Gasteiger partial charge < -0.3 is 4.74 Å². The molecule has 0 saturated carbocycles. The molecule has 7 nitrogen and oxygen atoms in total. The second kappa shape index (κ2) is 11.4. The number of carbonyl (C=O) groups excluding carboxylic acids is 1. The number of aryl methyl sites for hydroxylation is 1. The molecule has 0 bridgehead atoms. The van der Waals surface area contributed by atoms with Crippen LogP contribution in [0.25, 0.3) is 11.1 Å². The molecular weight excluding hydrogens is 466 g/mol. The average Bonchev–Trinajstić information content (AvgIpc) is 2.93. The fourth-order valence-corrected chi connectivity index (χ4v) is 4.48. The Hall–Kier alpha value is -4.70. The van der Waals surface area contributed by atoms with Gasteiger partial charge in [-0.3, -0.25) is 13.9 Å². The second-order valence-electron chi connectivity index (χ2n) is 8.64. The van der Waals surface area contributed by atoms with Crippen LogP contribution in [0.4, 0.5) is 0 Å². The van der Waals surface area contributed by atoms with Gasteiger partial charge in [-0.05, 0) is 40.8 Å². The van der Waals surface area contributed by atoms with E-state index in [4.69, 9.17) is 4.74 Å². The molecular formula is C30H27N3O4. The highest BCUT2D eigenvalue weighted by molar-refractivity contribution is 5.91. The number of nitrogens with zero attached hydrogens (tertiary/aromatic N) is 3.